The van der Waals surface area contributed by atoms with Crippen LogP contribution in [0.2, 0.25) is 0 Å². The summed E-state index contributed by atoms with van der Waals surface area (Å²) in [4.78, 5) is 0. The molecule has 0 atom stereocenters. The molecule has 1 fully saturated rings. The second-order valence-electron chi connectivity index (χ2n) is 7.43. The van der Waals surface area contributed by atoms with E-state index in [1.807, 2.05) is 18.2 Å². The minimum absolute atomic E-state index is 0.196. The Bertz CT molecular complexity index is 677. The van der Waals surface area contributed by atoms with Crippen LogP contribution >= 0.6 is 0 Å². The molecular formula is C24H28F2. The van der Waals surface area contributed by atoms with E-state index in [2.05, 4.69) is 30.3 Å². The summed E-state index contributed by atoms with van der Waals surface area (Å²) in [6, 6.07) is 15.3. The van der Waals surface area contributed by atoms with E-state index in [4.69, 9.17) is 0 Å². The number of rotatable bonds is 7. The maximum Gasteiger partial charge on any atom is 0.123 e. The van der Waals surface area contributed by atoms with Crippen LogP contribution in [-0.4, -0.2) is 6.67 Å². The van der Waals surface area contributed by atoms with Crippen LogP contribution in [0.1, 0.15) is 44.1 Å². The third-order valence-electron chi connectivity index (χ3n) is 5.55. The van der Waals surface area contributed by atoms with Crippen LogP contribution in [0, 0.1) is 17.7 Å². The molecule has 2 aromatic rings. The molecule has 2 heteroatoms. The lowest BCUT2D eigenvalue weighted by Gasteiger charge is -2.26. The largest absolute Gasteiger partial charge is 0.251 e. The van der Waals surface area contributed by atoms with Crippen molar-refractivity contribution < 1.29 is 8.78 Å². The van der Waals surface area contributed by atoms with Gasteiger partial charge in [0.05, 0.1) is 6.67 Å². The Hall–Kier alpha value is -1.96. The lowest BCUT2D eigenvalue weighted by Crippen LogP contribution is -2.13. The van der Waals surface area contributed by atoms with Crippen molar-refractivity contribution in [3.63, 3.8) is 0 Å². The number of aryl methyl sites for hydroxylation is 1. The summed E-state index contributed by atoms with van der Waals surface area (Å²) in [6.07, 6.45) is 12.2. The minimum atomic E-state index is -0.244. The van der Waals surface area contributed by atoms with Crippen LogP contribution in [0.3, 0.4) is 0 Å². The zero-order chi connectivity index (χ0) is 18.2. The molecule has 0 saturated heterocycles. The van der Waals surface area contributed by atoms with Gasteiger partial charge in [-0.05, 0) is 85.6 Å². The van der Waals surface area contributed by atoms with Crippen molar-refractivity contribution in [1.82, 2.24) is 0 Å². The molecule has 138 valence electrons. The predicted octanol–water partition coefficient (Wildman–Crippen LogP) is 7.15. The molecule has 0 radical (unpaired) electrons. The maximum atomic E-state index is 13.0. The van der Waals surface area contributed by atoms with Crippen molar-refractivity contribution in [1.29, 1.82) is 0 Å². The fraction of sp³-hybridized carbons (Fsp3) is 0.417. The highest BCUT2D eigenvalue weighted by atomic mass is 19.1. The van der Waals surface area contributed by atoms with Gasteiger partial charge in [-0.3, -0.25) is 4.39 Å². The highest BCUT2D eigenvalue weighted by Crippen LogP contribution is 2.32. The first-order valence-corrected chi connectivity index (χ1v) is 9.82. The van der Waals surface area contributed by atoms with E-state index in [9.17, 15) is 8.78 Å². The van der Waals surface area contributed by atoms with E-state index < -0.39 is 0 Å². The van der Waals surface area contributed by atoms with Gasteiger partial charge in [-0.1, -0.05) is 48.6 Å². The van der Waals surface area contributed by atoms with E-state index >= 15 is 0 Å². The van der Waals surface area contributed by atoms with Crippen molar-refractivity contribution in [2.45, 2.75) is 44.9 Å². The van der Waals surface area contributed by atoms with Gasteiger partial charge in [0.1, 0.15) is 5.82 Å². The van der Waals surface area contributed by atoms with Crippen molar-refractivity contribution in [3.05, 3.63) is 72.1 Å². The fourth-order valence-electron chi connectivity index (χ4n) is 3.90. The summed E-state index contributed by atoms with van der Waals surface area (Å²) in [5.41, 5.74) is 3.56. The summed E-state index contributed by atoms with van der Waals surface area (Å²) in [5.74, 6) is 1.28. The minimum Gasteiger partial charge on any atom is -0.251 e. The number of halogens is 2. The molecule has 0 unspecified atom stereocenters. The molecule has 2 aromatic carbocycles. The molecule has 0 amide bonds. The highest BCUT2D eigenvalue weighted by Gasteiger charge is 2.19. The van der Waals surface area contributed by atoms with E-state index in [0.29, 0.717) is 12.3 Å². The lowest BCUT2D eigenvalue weighted by molar-refractivity contribution is 0.296. The van der Waals surface area contributed by atoms with Gasteiger partial charge >= 0.3 is 0 Å². The first-order valence-electron chi connectivity index (χ1n) is 9.82. The summed E-state index contributed by atoms with van der Waals surface area (Å²) in [6.45, 7) is -0.244. The van der Waals surface area contributed by atoms with Crippen LogP contribution in [0.25, 0.3) is 11.1 Å². The maximum absolute atomic E-state index is 13.0. The lowest BCUT2D eigenvalue weighted by atomic mass is 9.79. The van der Waals surface area contributed by atoms with Crippen LogP contribution in [0.15, 0.2) is 60.7 Å². The number of hydrogen-bond acceptors (Lipinski definition) is 0. The van der Waals surface area contributed by atoms with Crippen molar-refractivity contribution in [2.75, 3.05) is 6.67 Å². The summed E-state index contributed by atoms with van der Waals surface area (Å²) >= 11 is 0. The average molecular weight is 354 g/mol. The highest BCUT2D eigenvalue weighted by molar-refractivity contribution is 5.63. The Morgan fingerprint density at radius 1 is 0.846 bits per heavy atom. The molecule has 0 bridgehead atoms. The van der Waals surface area contributed by atoms with E-state index in [1.165, 1.54) is 49.8 Å². The van der Waals surface area contributed by atoms with Gasteiger partial charge in [0.25, 0.3) is 0 Å². The van der Waals surface area contributed by atoms with Crippen LogP contribution in [0.5, 0.6) is 0 Å². The molecule has 1 saturated carbocycles. The Morgan fingerprint density at radius 2 is 1.46 bits per heavy atom. The van der Waals surface area contributed by atoms with E-state index in [1.54, 1.807) is 0 Å². The predicted molar refractivity (Wildman–Crippen MR) is 105 cm³/mol. The van der Waals surface area contributed by atoms with Gasteiger partial charge in [-0.25, -0.2) is 4.39 Å². The molecule has 26 heavy (non-hydrogen) atoms. The molecule has 0 nitrogen and oxygen atoms in total. The molecule has 0 N–H and O–H groups in total. The average Bonchev–Trinajstić information content (AvgIpc) is 2.69. The third kappa shape index (κ3) is 5.52. The van der Waals surface area contributed by atoms with Crippen LogP contribution in [-0.2, 0) is 6.42 Å². The smallest absolute Gasteiger partial charge is 0.123 e. The monoisotopic (exact) mass is 354 g/mol. The standard InChI is InChI=1S/C24H28F2/c25-18-2-1-3-19-4-6-20(7-5-19)8-9-21-10-12-22(13-11-21)23-14-16-24(26)17-15-23/h1,3,10-17,19-20H,2,4-9,18H2/b3-1+/t19-,20-. The number of alkyl halides is 1. The zero-order valence-electron chi connectivity index (χ0n) is 15.3. The van der Waals surface area contributed by atoms with Gasteiger partial charge in [0.2, 0.25) is 0 Å². The SMILES string of the molecule is FCC/C=C/[C@H]1CC[C@H](CCc2ccc(-c3ccc(F)cc3)cc2)CC1. The van der Waals surface area contributed by atoms with Crippen molar-refractivity contribution >= 4 is 0 Å². The Labute approximate surface area is 156 Å². The first kappa shape index (κ1) is 18.8. The number of allylic oxidation sites excluding steroid dienone is 2. The second-order valence-corrected chi connectivity index (χ2v) is 7.43. The molecule has 0 heterocycles. The van der Waals surface area contributed by atoms with E-state index in [-0.39, 0.29) is 12.5 Å². The molecule has 0 spiro atoms. The Balaban J connectivity index is 1.45. The van der Waals surface area contributed by atoms with Crippen LogP contribution < -0.4 is 0 Å². The first-order chi connectivity index (χ1) is 12.7. The third-order valence-corrected chi connectivity index (χ3v) is 5.55. The summed E-state index contributed by atoms with van der Waals surface area (Å²) < 4.78 is 25.2. The quantitative estimate of drug-likeness (QED) is 0.463. The van der Waals surface area contributed by atoms with Crippen molar-refractivity contribution in [2.24, 2.45) is 11.8 Å². The molecule has 3 rings (SSSR count). The van der Waals surface area contributed by atoms with Gasteiger partial charge in [-0.2, -0.15) is 0 Å². The normalized spacial score (nSPS) is 20.5. The van der Waals surface area contributed by atoms with Gasteiger partial charge in [0, 0.05) is 0 Å². The van der Waals surface area contributed by atoms with Crippen molar-refractivity contribution in [3.8, 4) is 11.1 Å². The fourth-order valence-corrected chi connectivity index (χ4v) is 3.90. The number of benzene rings is 2. The van der Waals surface area contributed by atoms with E-state index in [0.717, 1.165) is 23.5 Å². The molecule has 1 aliphatic carbocycles. The topological polar surface area (TPSA) is 0 Å². The van der Waals surface area contributed by atoms with Gasteiger partial charge in [0.15, 0.2) is 0 Å². The summed E-state index contributed by atoms with van der Waals surface area (Å²) in [7, 11) is 0. The Morgan fingerprint density at radius 3 is 2.08 bits per heavy atom. The van der Waals surface area contributed by atoms with Gasteiger partial charge < -0.3 is 0 Å². The second kappa shape index (κ2) is 9.66. The summed E-state index contributed by atoms with van der Waals surface area (Å²) in [5, 5.41) is 0. The molecule has 1 aliphatic rings. The van der Waals surface area contributed by atoms with Crippen LogP contribution in [0.4, 0.5) is 8.78 Å². The van der Waals surface area contributed by atoms with Gasteiger partial charge in [-0.15, -0.1) is 0 Å². The zero-order valence-corrected chi connectivity index (χ0v) is 15.3. The molecule has 0 aliphatic heterocycles. The number of hydrogen-bond donors (Lipinski definition) is 0. The molecular weight excluding hydrogens is 326 g/mol. The Kier molecular flexibility index (Phi) is 6.99. The molecule has 0 aromatic heterocycles.